The number of hydrogen-bond donors (Lipinski definition) is 1. The Morgan fingerprint density at radius 1 is 1.30 bits per heavy atom. The Bertz CT molecular complexity index is 88.9. The smallest absolute Gasteiger partial charge is 0.0462 e. The van der Waals surface area contributed by atoms with E-state index in [0.717, 1.165) is 11.8 Å². The summed E-state index contributed by atoms with van der Waals surface area (Å²) in [4.78, 5) is 0. The van der Waals surface area contributed by atoms with Crippen LogP contribution in [0.2, 0.25) is 0 Å². The Balaban J connectivity index is 2.41. The summed E-state index contributed by atoms with van der Waals surface area (Å²) in [6, 6.07) is 0. The molecule has 3 atom stereocenters. The molecule has 0 amide bonds. The molecule has 10 heavy (non-hydrogen) atoms. The third kappa shape index (κ3) is 1.51. The highest BCUT2D eigenvalue weighted by atomic mass is 16.3. The van der Waals surface area contributed by atoms with Gasteiger partial charge in [0, 0.05) is 6.61 Å². The van der Waals surface area contributed by atoms with Gasteiger partial charge in [-0.25, -0.2) is 0 Å². The molecule has 1 aliphatic rings. The van der Waals surface area contributed by atoms with Crippen LogP contribution in [0.15, 0.2) is 0 Å². The van der Waals surface area contributed by atoms with E-state index in [2.05, 4.69) is 13.8 Å². The molecule has 0 aromatic carbocycles. The van der Waals surface area contributed by atoms with Gasteiger partial charge in [0.25, 0.3) is 0 Å². The fourth-order valence-corrected chi connectivity index (χ4v) is 2.24. The van der Waals surface area contributed by atoms with Crippen molar-refractivity contribution >= 4 is 0 Å². The zero-order chi connectivity index (χ0) is 7.56. The van der Waals surface area contributed by atoms with Crippen LogP contribution in [0, 0.1) is 17.8 Å². The highest BCUT2D eigenvalue weighted by molar-refractivity contribution is 4.79. The Labute approximate surface area is 63.4 Å². The van der Waals surface area contributed by atoms with Gasteiger partial charge in [0.05, 0.1) is 0 Å². The van der Waals surface area contributed by atoms with E-state index in [1.807, 2.05) is 0 Å². The van der Waals surface area contributed by atoms with E-state index in [-0.39, 0.29) is 0 Å². The van der Waals surface area contributed by atoms with Crippen molar-refractivity contribution in [2.75, 3.05) is 6.61 Å². The van der Waals surface area contributed by atoms with Crippen LogP contribution in [-0.4, -0.2) is 11.7 Å². The molecule has 0 radical (unpaired) electrons. The maximum absolute atomic E-state index is 8.99. The fourth-order valence-electron chi connectivity index (χ4n) is 2.24. The molecular formula is C9H18O. The van der Waals surface area contributed by atoms with Gasteiger partial charge in [0.15, 0.2) is 0 Å². The molecule has 0 bridgehead atoms. The Morgan fingerprint density at radius 2 is 1.90 bits per heavy atom. The summed E-state index contributed by atoms with van der Waals surface area (Å²) < 4.78 is 0. The molecule has 60 valence electrons. The van der Waals surface area contributed by atoms with E-state index in [0.29, 0.717) is 12.5 Å². The van der Waals surface area contributed by atoms with Crippen LogP contribution in [0.5, 0.6) is 0 Å². The van der Waals surface area contributed by atoms with E-state index < -0.39 is 0 Å². The molecule has 1 nitrogen and oxygen atoms in total. The van der Waals surface area contributed by atoms with Gasteiger partial charge in [-0.1, -0.05) is 20.3 Å². The third-order valence-corrected chi connectivity index (χ3v) is 2.84. The lowest BCUT2D eigenvalue weighted by Crippen LogP contribution is -2.10. The summed E-state index contributed by atoms with van der Waals surface area (Å²) in [5.74, 6) is 2.27. The highest BCUT2D eigenvalue weighted by Crippen LogP contribution is 2.37. The molecule has 1 rings (SSSR count). The van der Waals surface area contributed by atoms with Crippen molar-refractivity contribution in [1.82, 2.24) is 0 Å². The second-order valence-corrected chi connectivity index (χ2v) is 3.69. The average Bonchev–Trinajstić information content (AvgIpc) is 2.30. The minimum Gasteiger partial charge on any atom is -0.396 e. The van der Waals surface area contributed by atoms with Crippen molar-refractivity contribution in [3.63, 3.8) is 0 Å². The summed E-state index contributed by atoms with van der Waals surface area (Å²) in [6.45, 7) is 4.92. The van der Waals surface area contributed by atoms with Gasteiger partial charge in [0.1, 0.15) is 0 Å². The molecule has 3 unspecified atom stereocenters. The molecule has 0 saturated heterocycles. The maximum Gasteiger partial charge on any atom is 0.0462 e. The van der Waals surface area contributed by atoms with Crippen molar-refractivity contribution in [3.05, 3.63) is 0 Å². The summed E-state index contributed by atoms with van der Waals surface area (Å²) in [5.41, 5.74) is 0. The SMILES string of the molecule is CCC1CC(C)CC1CO. The van der Waals surface area contributed by atoms with Crippen LogP contribution in [0.25, 0.3) is 0 Å². The van der Waals surface area contributed by atoms with Crippen LogP contribution in [0.1, 0.15) is 33.1 Å². The molecule has 0 heterocycles. The van der Waals surface area contributed by atoms with Gasteiger partial charge in [-0.3, -0.25) is 0 Å². The van der Waals surface area contributed by atoms with Gasteiger partial charge in [-0.05, 0) is 30.6 Å². The molecule has 1 saturated carbocycles. The minimum absolute atomic E-state index is 0.406. The molecule has 1 heteroatoms. The zero-order valence-corrected chi connectivity index (χ0v) is 7.01. The number of aliphatic hydroxyl groups is 1. The lowest BCUT2D eigenvalue weighted by molar-refractivity contribution is 0.191. The second kappa shape index (κ2) is 3.38. The number of aliphatic hydroxyl groups excluding tert-OH is 1. The maximum atomic E-state index is 8.99. The molecule has 0 spiro atoms. The standard InChI is InChI=1S/C9H18O/c1-3-8-4-7(2)5-9(8)6-10/h7-10H,3-6H2,1-2H3. The molecule has 0 aromatic heterocycles. The Morgan fingerprint density at radius 3 is 2.30 bits per heavy atom. The monoisotopic (exact) mass is 142 g/mol. The summed E-state index contributed by atoms with van der Waals surface area (Å²) in [5, 5.41) is 8.99. The van der Waals surface area contributed by atoms with Crippen LogP contribution in [-0.2, 0) is 0 Å². The van der Waals surface area contributed by atoms with Crippen LogP contribution in [0.4, 0.5) is 0 Å². The molecule has 1 fully saturated rings. The summed E-state index contributed by atoms with van der Waals surface area (Å²) in [7, 11) is 0. The van der Waals surface area contributed by atoms with Crippen molar-refractivity contribution in [3.8, 4) is 0 Å². The van der Waals surface area contributed by atoms with Gasteiger partial charge < -0.3 is 5.11 Å². The van der Waals surface area contributed by atoms with Crippen LogP contribution in [0.3, 0.4) is 0 Å². The zero-order valence-electron chi connectivity index (χ0n) is 7.01. The number of rotatable bonds is 2. The molecular weight excluding hydrogens is 124 g/mol. The first-order chi connectivity index (χ1) is 4.77. The van der Waals surface area contributed by atoms with E-state index >= 15 is 0 Å². The van der Waals surface area contributed by atoms with E-state index in [9.17, 15) is 0 Å². The predicted molar refractivity (Wildman–Crippen MR) is 42.8 cm³/mol. The Hall–Kier alpha value is -0.0400. The number of hydrogen-bond acceptors (Lipinski definition) is 1. The lowest BCUT2D eigenvalue weighted by Gasteiger charge is -2.13. The van der Waals surface area contributed by atoms with Crippen molar-refractivity contribution in [1.29, 1.82) is 0 Å². The predicted octanol–water partition coefficient (Wildman–Crippen LogP) is 2.05. The van der Waals surface area contributed by atoms with E-state index in [1.165, 1.54) is 19.3 Å². The van der Waals surface area contributed by atoms with Crippen molar-refractivity contribution in [2.45, 2.75) is 33.1 Å². The van der Waals surface area contributed by atoms with Gasteiger partial charge in [0.2, 0.25) is 0 Å². The first kappa shape index (κ1) is 8.06. The van der Waals surface area contributed by atoms with Crippen LogP contribution < -0.4 is 0 Å². The van der Waals surface area contributed by atoms with Crippen LogP contribution >= 0.6 is 0 Å². The average molecular weight is 142 g/mol. The van der Waals surface area contributed by atoms with Crippen molar-refractivity contribution < 1.29 is 5.11 Å². The Kier molecular flexibility index (Phi) is 2.72. The van der Waals surface area contributed by atoms with Gasteiger partial charge in [-0.2, -0.15) is 0 Å². The molecule has 0 aromatic rings. The largest absolute Gasteiger partial charge is 0.396 e. The van der Waals surface area contributed by atoms with E-state index in [4.69, 9.17) is 5.11 Å². The summed E-state index contributed by atoms with van der Waals surface area (Å²) in [6.07, 6.45) is 3.83. The van der Waals surface area contributed by atoms with Gasteiger partial charge in [-0.15, -0.1) is 0 Å². The molecule has 1 N–H and O–H groups in total. The van der Waals surface area contributed by atoms with Crippen molar-refractivity contribution in [2.24, 2.45) is 17.8 Å². The van der Waals surface area contributed by atoms with E-state index in [1.54, 1.807) is 0 Å². The second-order valence-electron chi connectivity index (χ2n) is 3.69. The fraction of sp³-hybridized carbons (Fsp3) is 1.00. The quantitative estimate of drug-likeness (QED) is 0.625. The van der Waals surface area contributed by atoms with Gasteiger partial charge >= 0.3 is 0 Å². The normalized spacial score (nSPS) is 40.5. The molecule has 0 aliphatic heterocycles. The lowest BCUT2D eigenvalue weighted by atomic mass is 9.95. The highest BCUT2D eigenvalue weighted by Gasteiger charge is 2.29. The first-order valence-corrected chi connectivity index (χ1v) is 4.38. The topological polar surface area (TPSA) is 20.2 Å². The molecule has 1 aliphatic carbocycles. The summed E-state index contributed by atoms with van der Waals surface area (Å²) >= 11 is 0. The third-order valence-electron chi connectivity index (χ3n) is 2.84. The first-order valence-electron chi connectivity index (χ1n) is 4.38. The minimum atomic E-state index is 0.406.